The number of nitrogens with zero attached hydrogens (tertiary/aromatic N) is 4. The molecule has 0 saturated heterocycles. The van der Waals surface area contributed by atoms with Crippen molar-refractivity contribution in [2.45, 2.75) is 0 Å². The summed E-state index contributed by atoms with van der Waals surface area (Å²) in [5.74, 6) is 0. The molecule has 9 nitrogen and oxygen atoms in total. The fourth-order valence-electron chi connectivity index (χ4n) is 2.03. The van der Waals surface area contributed by atoms with Gasteiger partial charge in [0.1, 0.15) is 5.01 Å². The summed E-state index contributed by atoms with van der Waals surface area (Å²) >= 11 is 0.833. The Labute approximate surface area is 137 Å². The van der Waals surface area contributed by atoms with Gasteiger partial charge in [-0.05, 0) is 12.1 Å². The number of non-ortho nitro benzene ring substituents is 2. The third-order valence-electron chi connectivity index (χ3n) is 3.16. The van der Waals surface area contributed by atoms with Gasteiger partial charge < -0.3 is 0 Å². The van der Waals surface area contributed by atoms with Crippen LogP contribution in [0, 0.1) is 20.2 Å². The minimum atomic E-state index is -0.540. The summed E-state index contributed by atoms with van der Waals surface area (Å²) in [6.07, 6.45) is 0. The van der Waals surface area contributed by atoms with Crippen LogP contribution in [0.25, 0.3) is 16.3 Å². The molecule has 0 bridgehead atoms. The van der Waals surface area contributed by atoms with E-state index >= 15 is 0 Å². The van der Waals surface area contributed by atoms with E-state index in [9.17, 15) is 25.0 Å². The average molecular weight is 344 g/mol. The van der Waals surface area contributed by atoms with Crippen LogP contribution >= 0.6 is 11.3 Å². The van der Waals surface area contributed by atoms with E-state index in [2.05, 4.69) is 5.10 Å². The minimum Gasteiger partial charge on any atom is -0.258 e. The summed E-state index contributed by atoms with van der Waals surface area (Å²) in [6.45, 7) is 0. The van der Waals surface area contributed by atoms with Crippen molar-refractivity contribution in [1.29, 1.82) is 0 Å². The number of rotatable bonds is 4. The molecule has 0 fully saturated rings. The normalized spacial score (nSPS) is 10.5. The molecule has 0 amide bonds. The van der Waals surface area contributed by atoms with Crippen LogP contribution < -0.4 is 4.87 Å². The van der Waals surface area contributed by atoms with Gasteiger partial charge in [-0.25, -0.2) is 0 Å². The highest BCUT2D eigenvalue weighted by molar-refractivity contribution is 7.12. The Balaban J connectivity index is 2.01. The maximum Gasteiger partial charge on any atom is 0.330 e. The predicted octanol–water partition coefficient (Wildman–Crippen LogP) is 2.78. The Kier molecular flexibility index (Phi) is 3.88. The van der Waals surface area contributed by atoms with Gasteiger partial charge in [0.05, 0.1) is 15.5 Å². The van der Waals surface area contributed by atoms with Crippen LogP contribution in [0.2, 0.25) is 0 Å². The molecule has 0 unspecified atom stereocenters. The van der Waals surface area contributed by atoms with E-state index in [1.165, 1.54) is 42.5 Å². The highest BCUT2D eigenvalue weighted by Gasteiger charge is 2.14. The number of nitro benzene ring substituents is 2. The second-order valence-corrected chi connectivity index (χ2v) is 5.61. The van der Waals surface area contributed by atoms with Gasteiger partial charge in [0.15, 0.2) is 0 Å². The third kappa shape index (κ3) is 2.90. The second kappa shape index (κ2) is 6.01. The second-order valence-electron chi connectivity index (χ2n) is 4.67. The molecule has 1 heterocycles. The molecular formula is C14H8N4O5S. The van der Waals surface area contributed by atoms with Crippen molar-refractivity contribution < 1.29 is 9.85 Å². The summed E-state index contributed by atoms with van der Waals surface area (Å²) < 4.78 is 1.10. The zero-order valence-electron chi connectivity index (χ0n) is 11.9. The SMILES string of the molecule is O=c1sc(-c2cccc([N+](=O)[O-])c2)nn1-c1ccc([N+](=O)[O-])cc1. The maximum atomic E-state index is 12.1. The Morgan fingerprint density at radius 2 is 1.62 bits per heavy atom. The van der Waals surface area contributed by atoms with Gasteiger partial charge in [0.2, 0.25) is 0 Å². The lowest BCUT2D eigenvalue weighted by Crippen LogP contribution is -2.11. The first-order valence-electron chi connectivity index (χ1n) is 6.55. The lowest BCUT2D eigenvalue weighted by atomic mass is 10.2. The van der Waals surface area contributed by atoms with Crippen LogP contribution in [0.4, 0.5) is 11.4 Å². The molecule has 24 heavy (non-hydrogen) atoms. The first kappa shape index (κ1) is 15.5. The summed E-state index contributed by atoms with van der Waals surface area (Å²) in [7, 11) is 0. The van der Waals surface area contributed by atoms with Crippen LogP contribution in [0.15, 0.2) is 53.3 Å². The molecule has 2 aromatic carbocycles. The van der Waals surface area contributed by atoms with E-state index in [1.807, 2.05) is 0 Å². The fraction of sp³-hybridized carbons (Fsp3) is 0. The van der Waals surface area contributed by atoms with Crippen LogP contribution in [0.1, 0.15) is 0 Å². The van der Waals surface area contributed by atoms with Crippen molar-refractivity contribution in [3.8, 4) is 16.3 Å². The summed E-state index contributed by atoms with van der Waals surface area (Å²) in [4.78, 5) is 32.1. The Bertz CT molecular complexity index is 993. The van der Waals surface area contributed by atoms with Gasteiger partial charge in [0, 0.05) is 29.8 Å². The molecule has 10 heteroatoms. The molecule has 0 aliphatic heterocycles. The Morgan fingerprint density at radius 3 is 2.25 bits per heavy atom. The van der Waals surface area contributed by atoms with Gasteiger partial charge in [0.25, 0.3) is 11.4 Å². The molecule has 1 aromatic heterocycles. The van der Waals surface area contributed by atoms with Gasteiger partial charge in [-0.3, -0.25) is 25.0 Å². The molecular weight excluding hydrogens is 336 g/mol. The molecule has 0 aliphatic rings. The van der Waals surface area contributed by atoms with E-state index in [1.54, 1.807) is 6.07 Å². The van der Waals surface area contributed by atoms with Crippen LogP contribution in [0.5, 0.6) is 0 Å². The van der Waals surface area contributed by atoms with E-state index in [0.717, 1.165) is 16.0 Å². The van der Waals surface area contributed by atoms with Crippen molar-refractivity contribution in [2.24, 2.45) is 0 Å². The Morgan fingerprint density at radius 1 is 0.958 bits per heavy atom. The van der Waals surface area contributed by atoms with Gasteiger partial charge >= 0.3 is 4.87 Å². The van der Waals surface area contributed by atoms with Crippen molar-refractivity contribution >= 4 is 22.7 Å². The summed E-state index contributed by atoms with van der Waals surface area (Å²) in [5.41, 5.74) is 0.628. The van der Waals surface area contributed by atoms with Crippen molar-refractivity contribution in [1.82, 2.24) is 9.78 Å². The van der Waals surface area contributed by atoms with Crippen molar-refractivity contribution in [3.05, 3.63) is 78.4 Å². The quantitative estimate of drug-likeness (QED) is 0.530. The fourth-order valence-corrected chi connectivity index (χ4v) is 2.79. The standard InChI is InChI=1S/C14H8N4O5S/c19-14-16(10-4-6-11(7-5-10)17(20)21)15-13(24-14)9-2-1-3-12(8-9)18(22)23/h1-8H. The van der Waals surface area contributed by atoms with Crippen LogP contribution in [0.3, 0.4) is 0 Å². The first-order chi connectivity index (χ1) is 11.5. The highest BCUT2D eigenvalue weighted by Crippen LogP contribution is 2.24. The smallest absolute Gasteiger partial charge is 0.258 e. The molecule has 0 radical (unpaired) electrons. The number of hydrogen-bond donors (Lipinski definition) is 0. The van der Waals surface area contributed by atoms with Gasteiger partial charge in [-0.2, -0.15) is 9.78 Å². The van der Waals surface area contributed by atoms with Gasteiger partial charge in [-0.1, -0.05) is 23.5 Å². The zero-order valence-corrected chi connectivity index (χ0v) is 12.7. The number of aromatic nitrogens is 2. The lowest BCUT2D eigenvalue weighted by molar-refractivity contribution is -0.385. The minimum absolute atomic E-state index is 0.0964. The first-order valence-corrected chi connectivity index (χ1v) is 7.37. The largest absolute Gasteiger partial charge is 0.330 e. The molecule has 0 atom stereocenters. The molecule has 3 aromatic rings. The number of nitro groups is 2. The van der Waals surface area contributed by atoms with Gasteiger partial charge in [-0.15, -0.1) is 0 Å². The predicted molar refractivity (Wildman–Crippen MR) is 86.5 cm³/mol. The monoisotopic (exact) mass is 344 g/mol. The lowest BCUT2D eigenvalue weighted by Gasteiger charge is -1.99. The number of hydrogen-bond acceptors (Lipinski definition) is 7. The van der Waals surface area contributed by atoms with Crippen molar-refractivity contribution in [3.63, 3.8) is 0 Å². The van der Waals surface area contributed by atoms with E-state index in [0.29, 0.717) is 16.3 Å². The topological polar surface area (TPSA) is 121 Å². The molecule has 3 rings (SSSR count). The summed E-state index contributed by atoms with van der Waals surface area (Å²) in [6, 6.07) is 11.2. The molecule has 0 saturated carbocycles. The average Bonchev–Trinajstić information content (AvgIpc) is 2.97. The molecule has 0 spiro atoms. The maximum absolute atomic E-state index is 12.1. The van der Waals surface area contributed by atoms with E-state index in [-0.39, 0.29) is 11.4 Å². The van der Waals surface area contributed by atoms with E-state index in [4.69, 9.17) is 0 Å². The highest BCUT2D eigenvalue weighted by atomic mass is 32.1. The molecule has 0 aliphatic carbocycles. The van der Waals surface area contributed by atoms with E-state index < -0.39 is 14.7 Å². The zero-order chi connectivity index (χ0) is 17.3. The van der Waals surface area contributed by atoms with Crippen LogP contribution in [-0.2, 0) is 0 Å². The molecule has 0 N–H and O–H groups in total. The van der Waals surface area contributed by atoms with Crippen LogP contribution in [-0.4, -0.2) is 19.6 Å². The Hall–Kier alpha value is -3.40. The van der Waals surface area contributed by atoms with Crippen molar-refractivity contribution in [2.75, 3.05) is 0 Å². The number of benzene rings is 2. The third-order valence-corrected chi connectivity index (χ3v) is 4.02. The molecule has 120 valence electrons. The summed E-state index contributed by atoms with van der Waals surface area (Å²) in [5, 5.41) is 26.0.